The Labute approximate surface area is 187 Å². The minimum absolute atomic E-state index is 0.125. The fourth-order valence-corrected chi connectivity index (χ4v) is 4.75. The van der Waals surface area contributed by atoms with E-state index in [1.54, 1.807) is 34.9 Å². The van der Waals surface area contributed by atoms with Gasteiger partial charge in [-0.15, -0.1) is 22.7 Å². The molecule has 0 atom stereocenters. The molecule has 1 amide bonds. The van der Waals surface area contributed by atoms with Crippen LogP contribution in [0.25, 0.3) is 32.2 Å². The van der Waals surface area contributed by atoms with Gasteiger partial charge in [-0.25, -0.2) is 9.97 Å². The van der Waals surface area contributed by atoms with Gasteiger partial charge < -0.3 is 5.32 Å². The van der Waals surface area contributed by atoms with Crippen molar-refractivity contribution in [3.05, 3.63) is 88.9 Å². The summed E-state index contributed by atoms with van der Waals surface area (Å²) in [6.07, 6.45) is 2.45. The summed E-state index contributed by atoms with van der Waals surface area (Å²) in [5.74, 6) is -0.125. The number of thiophene rings is 2. The Balaban J connectivity index is 1.44. The summed E-state index contributed by atoms with van der Waals surface area (Å²) in [7, 11) is 0. The van der Waals surface area contributed by atoms with E-state index in [1.807, 2.05) is 59.3 Å². The zero-order valence-corrected chi connectivity index (χ0v) is 18.1. The first kappa shape index (κ1) is 19.5. The number of nitrogens with one attached hydrogen (secondary N) is 1. The van der Waals surface area contributed by atoms with E-state index in [1.165, 1.54) is 0 Å². The molecular weight excluding hydrogens is 424 g/mol. The molecule has 0 unspecified atom stereocenters. The third-order valence-electron chi connectivity index (χ3n) is 4.83. The molecule has 7 heteroatoms. The van der Waals surface area contributed by atoms with Gasteiger partial charge in [-0.05, 0) is 53.2 Å². The van der Waals surface area contributed by atoms with Crippen molar-refractivity contribution in [2.24, 2.45) is 0 Å². The van der Waals surface area contributed by atoms with E-state index < -0.39 is 0 Å². The number of carbonyl (C=O) groups is 1. The Morgan fingerprint density at radius 2 is 1.58 bits per heavy atom. The third-order valence-corrected chi connectivity index (χ3v) is 6.58. The van der Waals surface area contributed by atoms with Crippen LogP contribution in [-0.2, 0) is 6.42 Å². The second-order valence-electron chi connectivity index (χ2n) is 6.91. The van der Waals surface area contributed by atoms with Gasteiger partial charge >= 0.3 is 0 Å². The second kappa shape index (κ2) is 8.75. The normalized spacial score (nSPS) is 11.0. The van der Waals surface area contributed by atoms with Crippen LogP contribution in [0.4, 0.5) is 0 Å². The lowest BCUT2D eigenvalue weighted by Gasteiger charge is -2.09. The number of amides is 1. The van der Waals surface area contributed by atoms with E-state index in [4.69, 9.17) is 9.97 Å². The van der Waals surface area contributed by atoms with Crippen molar-refractivity contribution in [2.75, 3.05) is 6.54 Å². The maximum atomic E-state index is 12.7. The van der Waals surface area contributed by atoms with Gasteiger partial charge in [0.15, 0.2) is 0 Å². The molecule has 5 nitrogen and oxygen atoms in total. The molecule has 1 aromatic carbocycles. The van der Waals surface area contributed by atoms with Gasteiger partial charge in [-0.2, -0.15) is 0 Å². The highest BCUT2D eigenvalue weighted by Crippen LogP contribution is 2.35. The molecule has 0 aliphatic carbocycles. The second-order valence-corrected chi connectivity index (χ2v) is 8.80. The van der Waals surface area contributed by atoms with Crippen molar-refractivity contribution in [3.63, 3.8) is 0 Å². The Hall–Kier alpha value is -3.42. The number of hydrogen-bond donors (Lipinski definition) is 1. The lowest BCUT2D eigenvalue weighted by Crippen LogP contribution is -2.25. The molecule has 0 fully saturated rings. The molecule has 0 spiro atoms. The van der Waals surface area contributed by atoms with E-state index in [-0.39, 0.29) is 5.91 Å². The molecule has 4 heterocycles. The molecule has 0 saturated carbocycles. The van der Waals surface area contributed by atoms with Crippen LogP contribution >= 0.6 is 22.7 Å². The summed E-state index contributed by atoms with van der Waals surface area (Å²) >= 11 is 3.28. The van der Waals surface area contributed by atoms with E-state index in [0.29, 0.717) is 24.0 Å². The highest BCUT2D eigenvalue weighted by Gasteiger charge is 2.16. The lowest BCUT2D eigenvalue weighted by molar-refractivity contribution is 0.0954. The summed E-state index contributed by atoms with van der Waals surface area (Å²) in [5.41, 5.74) is 4.72. The standard InChI is InChI=1S/C24H18N4OS2/c29-24(26-12-10-17-5-1-2-11-25-17)16-8-9-18-19(15-16)28-23(21-7-4-14-31-21)22(27-18)20-6-3-13-30-20/h1-9,11,13-15H,10,12H2,(H,26,29). The van der Waals surface area contributed by atoms with Crippen molar-refractivity contribution in [2.45, 2.75) is 6.42 Å². The predicted molar refractivity (Wildman–Crippen MR) is 126 cm³/mol. The minimum atomic E-state index is -0.125. The van der Waals surface area contributed by atoms with Gasteiger partial charge in [0.05, 0.1) is 20.8 Å². The average Bonchev–Trinajstić information content (AvgIpc) is 3.53. The van der Waals surface area contributed by atoms with E-state index >= 15 is 0 Å². The Morgan fingerprint density at radius 1 is 0.839 bits per heavy atom. The molecule has 0 saturated heterocycles. The first-order chi connectivity index (χ1) is 15.3. The van der Waals surface area contributed by atoms with Crippen LogP contribution in [0.15, 0.2) is 77.6 Å². The molecule has 1 N–H and O–H groups in total. The maximum absolute atomic E-state index is 12.7. The summed E-state index contributed by atoms with van der Waals surface area (Å²) in [6, 6.07) is 19.4. The van der Waals surface area contributed by atoms with Gasteiger partial charge in [-0.3, -0.25) is 9.78 Å². The zero-order valence-electron chi connectivity index (χ0n) is 16.5. The van der Waals surface area contributed by atoms with Gasteiger partial charge in [0.25, 0.3) is 5.91 Å². The SMILES string of the molecule is O=C(NCCc1ccccn1)c1ccc2nc(-c3cccs3)c(-c3cccs3)nc2c1. The maximum Gasteiger partial charge on any atom is 0.251 e. The quantitative estimate of drug-likeness (QED) is 0.379. The minimum Gasteiger partial charge on any atom is -0.352 e. The van der Waals surface area contributed by atoms with Crippen LogP contribution in [0.3, 0.4) is 0 Å². The number of pyridine rings is 1. The van der Waals surface area contributed by atoms with Crippen LogP contribution < -0.4 is 5.32 Å². The first-order valence-corrected chi connectivity index (χ1v) is 11.6. The highest BCUT2D eigenvalue weighted by molar-refractivity contribution is 7.14. The van der Waals surface area contributed by atoms with Gasteiger partial charge in [0, 0.05) is 30.4 Å². The van der Waals surface area contributed by atoms with Crippen molar-refractivity contribution < 1.29 is 4.79 Å². The molecule has 0 aliphatic heterocycles. The highest BCUT2D eigenvalue weighted by atomic mass is 32.1. The third kappa shape index (κ3) is 4.23. The molecule has 4 aromatic heterocycles. The molecule has 0 bridgehead atoms. The van der Waals surface area contributed by atoms with Crippen LogP contribution in [-0.4, -0.2) is 27.4 Å². The average molecular weight is 443 g/mol. The smallest absolute Gasteiger partial charge is 0.251 e. The largest absolute Gasteiger partial charge is 0.352 e. The number of fused-ring (bicyclic) bond motifs is 1. The summed E-state index contributed by atoms with van der Waals surface area (Å²) in [6.45, 7) is 0.525. The number of nitrogens with zero attached hydrogens (tertiary/aromatic N) is 3. The molecular formula is C24H18N4OS2. The summed E-state index contributed by atoms with van der Waals surface area (Å²) < 4.78 is 0. The molecule has 152 valence electrons. The molecule has 31 heavy (non-hydrogen) atoms. The topological polar surface area (TPSA) is 67.8 Å². The van der Waals surface area contributed by atoms with Crippen LogP contribution in [0.2, 0.25) is 0 Å². The fourth-order valence-electron chi connectivity index (χ4n) is 3.32. The number of benzene rings is 1. The van der Waals surface area contributed by atoms with Crippen molar-refractivity contribution in [3.8, 4) is 21.1 Å². The van der Waals surface area contributed by atoms with Crippen LogP contribution in [0.5, 0.6) is 0 Å². The predicted octanol–water partition coefficient (Wildman–Crippen LogP) is 5.45. The Morgan fingerprint density at radius 3 is 2.23 bits per heavy atom. The van der Waals surface area contributed by atoms with E-state index in [9.17, 15) is 4.79 Å². The molecule has 5 aromatic rings. The van der Waals surface area contributed by atoms with Crippen LogP contribution in [0.1, 0.15) is 16.1 Å². The number of carbonyl (C=O) groups excluding carboxylic acids is 1. The van der Waals surface area contributed by atoms with Gasteiger partial charge in [0.2, 0.25) is 0 Å². The van der Waals surface area contributed by atoms with Gasteiger partial charge in [-0.1, -0.05) is 18.2 Å². The van der Waals surface area contributed by atoms with Gasteiger partial charge in [0.1, 0.15) is 11.4 Å². The number of hydrogen-bond acceptors (Lipinski definition) is 6. The van der Waals surface area contributed by atoms with Crippen LogP contribution in [0, 0.1) is 0 Å². The molecule has 5 rings (SSSR count). The summed E-state index contributed by atoms with van der Waals surface area (Å²) in [4.78, 5) is 28.9. The Bertz CT molecular complexity index is 1320. The lowest BCUT2D eigenvalue weighted by atomic mass is 10.1. The first-order valence-electron chi connectivity index (χ1n) is 9.85. The van der Waals surface area contributed by atoms with E-state index in [2.05, 4.69) is 16.4 Å². The zero-order chi connectivity index (χ0) is 21.0. The van der Waals surface area contributed by atoms with Crippen molar-refractivity contribution >= 4 is 39.6 Å². The summed E-state index contributed by atoms with van der Waals surface area (Å²) in [5, 5.41) is 7.04. The van der Waals surface area contributed by atoms with Crippen molar-refractivity contribution in [1.82, 2.24) is 20.3 Å². The number of aromatic nitrogens is 3. The number of rotatable bonds is 6. The van der Waals surface area contributed by atoms with E-state index in [0.717, 1.165) is 32.4 Å². The Kier molecular flexibility index (Phi) is 5.52. The fraction of sp³-hybridized carbons (Fsp3) is 0.0833. The monoisotopic (exact) mass is 442 g/mol. The van der Waals surface area contributed by atoms with Crippen molar-refractivity contribution in [1.29, 1.82) is 0 Å². The molecule has 0 aliphatic rings. The molecule has 0 radical (unpaired) electrons.